The quantitative estimate of drug-likeness (QED) is 0.481. The van der Waals surface area contributed by atoms with Crippen molar-refractivity contribution in [2.24, 2.45) is 11.0 Å². The molecule has 0 saturated heterocycles. The highest BCUT2D eigenvalue weighted by Gasteiger charge is 2.09. The van der Waals surface area contributed by atoms with E-state index in [9.17, 15) is 20.0 Å². The van der Waals surface area contributed by atoms with Gasteiger partial charge < -0.3 is 5.11 Å². The number of hydrogen-bond donors (Lipinski definition) is 2. The van der Waals surface area contributed by atoms with E-state index in [1.54, 1.807) is 0 Å². The van der Waals surface area contributed by atoms with Gasteiger partial charge in [0.25, 0.3) is 5.69 Å². The Morgan fingerprint density at radius 3 is 2.84 bits per heavy atom. The van der Waals surface area contributed by atoms with Gasteiger partial charge in [-0.3, -0.25) is 14.9 Å². The highest BCUT2D eigenvalue weighted by molar-refractivity contribution is 5.86. The van der Waals surface area contributed by atoms with Gasteiger partial charge in [0.15, 0.2) is 0 Å². The van der Waals surface area contributed by atoms with E-state index >= 15 is 0 Å². The van der Waals surface area contributed by atoms with Crippen LogP contribution in [-0.2, 0) is 4.79 Å². The first-order valence-electron chi connectivity index (χ1n) is 5.69. The molecule has 0 heterocycles. The van der Waals surface area contributed by atoms with E-state index in [0.29, 0.717) is 6.42 Å². The van der Waals surface area contributed by atoms with Crippen molar-refractivity contribution in [2.45, 2.75) is 20.3 Å². The fourth-order valence-corrected chi connectivity index (χ4v) is 1.35. The second-order valence-electron chi connectivity index (χ2n) is 4.39. The first kappa shape index (κ1) is 14.6. The van der Waals surface area contributed by atoms with Gasteiger partial charge in [-0.15, -0.1) is 0 Å². The van der Waals surface area contributed by atoms with Crippen LogP contribution in [0.1, 0.15) is 25.8 Å². The molecule has 19 heavy (non-hydrogen) atoms. The third-order valence-electron chi connectivity index (χ3n) is 2.21. The van der Waals surface area contributed by atoms with Crippen molar-refractivity contribution >= 4 is 17.8 Å². The van der Waals surface area contributed by atoms with E-state index in [0.717, 1.165) is 0 Å². The standard InChI is InChI=1S/C12H15N3O4/c1-8(2)5-12(17)14-13-7-9-6-10(15(18)19)3-4-11(9)16/h3-4,6-8,16H,5H2,1-2H3,(H,14,17)/b13-7-. The zero-order valence-corrected chi connectivity index (χ0v) is 10.7. The van der Waals surface area contributed by atoms with Gasteiger partial charge in [0, 0.05) is 24.1 Å². The number of hydrazone groups is 1. The number of carbonyl (C=O) groups excluding carboxylic acids is 1. The summed E-state index contributed by atoms with van der Waals surface area (Å²) < 4.78 is 0. The first-order chi connectivity index (χ1) is 8.90. The summed E-state index contributed by atoms with van der Waals surface area (Å²) in [5, 5.41) is 23.7. The van der Waals surface area contributed by atoms with E-state index in [1.807, 2.05) is 13.8 Å². The van der Waals surface area contributed by atoms with Crippen molar-refractivity contribution < 1.29 is 14.8 Å². The first-order valence-corrected chi connectivity index (χ1v) is 5.69. The highest BCUT2D eigenvalue weighted by Crippen LogP contribution is 2.21. The van der Waals surface area contributed by atoms with Gasteiger partial charge in [-0.2, -0.15) is 5.10 Å². The summed E-state index contributed by atoms with van der Waals surface area (Å²) in [4.78, 5) is 21.3. The highest BCUT2D eigenvalue weighted by atomic mass is 16.6. The number of nitrogens with one attached hydrogen (secondary N) is 1. The average Bonchev–Trinajstić information content (AvgIpc) is 2.30. The molecule has 0 bridgehead atoms. The summed E-state index contributed by atoms with van der Waals surface area (Å²) in [5.74, 6) is -0.190. The van der Waals surface area contributed by atoms with Gasteiger partial charge in [0.05, 0.1) is 11.1 Å². The molecule has 7 heteroatoms. The largest absolute Gasteiger partial charge is 0.507 e. The Kier molecular flexibility index (Phi) is 4.99. The molecular formula is C12H15N3O4. The number of phenols is 1. The SMILES string of the molecule is CC(C)CC(=O)N/N=C\c1cc([N+](=O)[O-])ccc1O. The minimum atomic E-state index is -0.575. The predicted molar refractivity (Wildman–Crippen MR) is 70.0 cm³/mol. The van der Waals surface area contributed by atoms with Gasteiger partial charge >= 0.3 is 0 Å². The van der Waals surface area contributed by atoms with Crippen molar-refractivity contribution in [1.29, 1.82) is 0 Å². The molecule has 0 saturated carbocycles. The predicted octanol–water partition coefficient (Wildman–Crippen LogP) is 1.80. The van der Waals surface area contributed by atoms with Crippen LogP contribution in [0.4, 0.5) is 5.69 Å². The number of nitro benzene ring substituents is 1. The minimum absolute atomic E-state index is 0.146. The molecule has 0 radical (unpaired) electrons. The Bertz CT molecular complexity index is 512. The van der Waals surface area contributed by atoms with Gasteiger partial charge in [0.1, 0.15) is 5.75 Å². The molecule has 1 rings (SSSR count). The summed E-state index contributed by atoms with van der Waals surface area (Å²) in [6.45, 7) is 3.80. The van der Waals surface area contributed by atoms with Gasteiger partial charge in [0.2, 0.25) is 5.91 Å². The molecule has 1 aromatic rings. The maximum Gasteiger partial charge on any atom is 0.270 e. The lowest BCUT2D eigenvalue weighted by Crippen LogP contribution is -2.19. The number of hydrogen-bond acceptors (Lipinski definition) is 5. The van der Waals surface area contributed by atoms with Crippen molar-refractivity contribution in [2.75, 3.05) is 0 Å². The molecule has 1 aromatic carbocycles. The Labute approximate surface area is 110 Å². The molecule has 0 aromatic heterocycles. The molecule has 2 N–H and O–H groups in total. The monoisotopic (exact) mass is 265 g/mol. The summed E-state index contributed by atoms with van der Waals surface area (Å²) in [6.07, 6.45) is 1.50. The summed E-state index contributed by atoms with van der Waals surface area (Å²) >= 11 is 0. The van der Waals surface area contributed by atoms with Crippen LogP contribution in [0.2, 0.25) is 0 Å². The maximum atomic E-state index is 11.3. The molecule has 0 aliphatic rings. The Morgan fingerprint density at radius 2 is 2.26 bits per heavy atom. The number of aromatic hydroxyl groups is 1. The zero-order chi connectivity index (χ0) is 14.4. The lowest BCUT2D eigenvalue weighted by Gasteiger charge is -2.02. The number of carbonyl (C=O) groups is 1. The van der Waals surface area contributed by atoms with Crippen molar-refractivity contribution in [3.8, 4) is 5.75 Å². The Hall–Kier alpha value is -2.44. The van der Waals surface area contributed by atoms with Crippen molar-refractivity contribution in [3.05, 3.63) is 33.9 Å². The molecule has 0 spiro atoms. The second kappa shape index (κ2) is 6.48. The maximum absolute atomic E-state index is 11.3. The van der Waals surface area contributed by atoms with Crippen molar-refractivity contribution in [1.82, 2.24) is 5.43 Å². The van der Waals surface area contributed by atoms with E-state index in [1.165, 1.54) is 24.4 Å². The Morgan fingerprint density at radius 1 is 1.58 bits per heavy atom. The minimum Gasteiger partial charge on any atom is -0.507 e. The molecule has 0 fully saturated rings. The molecule has 0 aliphatic carbocycles. The molecular weight excluding hydrogens is 250 g/mol. The number of phenolic OH excluding ortho intramolecular Hbond substituents is 1. The van der Waals surface area contributed by atoms with E-state index in [2.05, 4.69) is 10.5 Å². The smallest absolute Gasteiger partial charge is 0.270 e. The van der Waals surface area contributed by atoms with E-state index < -0.39 is 4.92 Å². The normalized spacial score (nSPS) is 10.9. The summed E-state index contributed by atoms with van der Waals surface area (Å²) in [7, 11) is 0. The van der Waals surface area contributed by atoms with Crippen LogP contribution in [0.3, 0.4) is 0 Å². The molecule has 0 atom stereocenters. The number of benzene rings is 1. The topological polar surface area (TPSA) is 105 Å². The van der Waals surface area contributed by atoms with E-state index in [4.69, 9.17) is 0 Å². The van der Waals surface area contributed by atoms with Crippen LogP contribution in [0.5, 0.6) is 5.75 Å². The third kappa shape index (κ3) is 4.74. The molecule has 7 nitrogen and oxygen atoms in total. The van der Waals surface area contributed by atoms with Crippen LogP contribution >= 0.6 is 0 Å². The molecule has 0 unspecified atom stereocenters. The second-order valence-corrected chi connectivity index (χ2v) is 4.39. The number of nitrogens with zero attached hydrogens (tertiary/aromatic N) is 2. The van der Waals surface area contributed by atoms with Crippen LogP contribution in [0, 0.1) is 16.0 Å². The molecule has 0 aliphatic heterocycles. The van der Waals surface area contributed by atoms with Gasteiger partial charge in [-0.1, -0.05) is 13.8 Å². The van der Waals surface area contributed by atoms with Crippen LogP contribution in [0.25, 0.3) is 0 Å². The number of nitro groups is 1. The summed E-state index contributed by atoms with van der Waals surface area (Å²) in [6, 6.07) is 3.56. The van der Waals surface area contributed by atoms with Crippen molar-refractivity contribution in [3.63, 3.8) is 0 Å². The number of non-ortho nitro benzene ring substituents is 1. The fraction of sp³-hybridized carbons (Fsp3) is 0.333. The summed E-state index contributed by atoms with van der Waals surface area (Å²) in [5.41, 5.74) is 2.29. The average molecular weight is 265 g/mol. The number of rotatable bonds is 5. The van der Waals surface area contributed by atoms with E-state index in [-0.39, 0.29) is 28.8 Å². The number of amides is 1. The Balaban J connectivity index is 2.73. The van der Waals surface area contributed by atoms with Gasteiger partial charge in [-0.25, -0.2) is 5.43 Å². The molecule has 1 amide bonds. The van der Waals surface area contributed by atoms with Crippen LogP contribution in [0.15, 0.2) is 23.3 Å². The lowest BCUT2D eigenvalue weighted by atomic mass is 10.1. The van der Waals surface area contributed by atoms with Gasteiger partial charge in [-0.05, 0) is 12.0 Å². The third-order valence-corrected chi connectivity index (χ3v) is 2.21. The fourth-order valence-electron chi connectivity index (χ4n) is 1.35. The molecule has 102 valence electrons. The zero-order valence-electron chi connectivity index (χ0n) is 10.7. The lowest BCUT2D eigenvalue weighted by molar-refractivity contribution is -0.384. The van der Waals surface area contributed by atoms with Crippen LogP contribution < -0.4 is 5.43 Å². The van der Waals surface area contributed by atoms with Crippen LogP contribution in [-0.4, -0.2) is 22.2 Å².